The topological polar surface area (TPSA) is 15.3 Å². The van der Waals surface area contributed by atoms with E-state index in [1.54, 1.807) is 0 Å². The molecule has 1 aliphatic rings. The third kappa shape index (κ3) is 2.83. The monoisotopic (exact) mass is 218 g/mol. The van der Waals surface area contributed by atoms with Gasteiger partial charge in [0.15, 0.2) is 0 Å². The van der Waals surface area contributed by atoms with Crippen LogP contribution in [0.25, 0.3) is 0 Å². The summed E-state index contributed by atoms with van der Waals surface area (Å²) in [5.41, 5.74) is 1.42. The van der Waals surface area contributed by atoms with Crippen molar-refractivity contribution in [3.05, 3.63) is 35.9 Å². The van der Waals surface area contributed by atoms with Crippen LogP contribution >= 0.6 is 0 Å². The number of piperidine rings is 1. The van der Waals surface area contributed by atoms with Gasteiger partial charge in [0.1, 0.15) is 0 Å². The zero-order chi connectivity index (χ0) is 11.4. The summed E-state index contributed by atoms with van der Waals surface area (Å²) < 4.78 is 0. The molecule has 0 spiro atoms. The summed E-state index contributed by atoms with van der Waals surface area (Å²) >= 11 is 0. The van der Waals surface area contributed by atoms with Crippen LogP contribution in [0, 0.1) is 5.92 Å². The molecule has 1 fully saturated rings. The first-order valence-corrected chi connectivity index (χ1v) is 6.23. The molecule has 1 aliphatic heterocycles. The van der Waals surface area contributed by atoms with Crippen molar-refractivity contribution in [1.82, 2.24) is 10.2 Å². The Morgan fingerprint density at radius 3 is 2.75 bits per heavy atom. The van der Waals surface area contributed by atoms with Crippen molar-refractivity contribution in [3.63, 3.8) is 0 Å². The molecule has 2 heteroatoms. The molecule has 0 amide bonds. The van der Waals surface area contributed by atoms with Crippen LogP contribution < -0.4 is 5.32 Å². The largest absolute Gasteiger partial charge is 0.315 e. The van der Waals surface area contributed by atoms with Crippen molar-refractivity contribution >= 4 is 0 Å². The van der Waals surface area contributed by atoms with Gasteiger partial charge in [-0.15, -0.1) is 0 Å². The molecule has 88 valence electrons. The quantitative estimate of drug-likeness (QED) is 0.836. The number of nitrogens with zero attached hydrogens (tertiary/aromatic N) is 1. The second-order valence-electron chi connectivity index (χ2n) is 4.88. The predicted molar refractivity (Wildman–Crippen MR) is 68.3 cm³/mol. The van der Waals surface area contributed by atoms with E-state index in [1.807, 2.05) is 0 Å². The van der Waals surface area contributed by atoms with Crippen LogP contribution in [0.2, 0.25) is 0 Å². The number of rotatable bonds is 3. The number of hydrogen-bond donors (Lipinski definition) is 1. The molecule has 0 aliphatic carbocycles. The van der Waals surface area contributed by atoms with Gasteiger partial charge in [0.05, 0.1) is 0 Å². The molecule has 0 aromatic heterocycles. The molecular formula is C14H22N2. The highest BCUT2D eigenvalue weighted by molar-refractivity contribution is 5.14. The highest BCUT2D eigenvalue weighted by Crippen LogP contribution is 2.18. The van der Waals surface area contributed by atoms with Gasteiger partial charge in [-0.25, -0.2) is 0 Å². The Bertz CT molecular complexity index is 310. The van der Waals surface area contributed by atoms with E-state index >= 15 is 0 Å². The van der Waals surface area contributed by atoms with Gasteiger partial charge in [0.25, 0.3) is 0 Å². The van der Waals surface area contributed by atoms with Crippen LogP contribution in [0.4, 0.5) is 0 Å². The number of benzene rings is 1. The minimum absolute atomic E-state index is 0.650. The SMILES string of the molecule is CN[C@H]1CN(Cc2ccccc2)CC[C@@H]1C. The van der Waals surface area contributed by atoms with Gasteiger partial charge in [0, 0.05) is 19.1 Å². The van der Waals surface area contributed by atoms with Crippen LogP contribution in [0.5, 0.6) is 0 Å². The van der Waals surface area contributed by atoms with Crippen molar-refractivity contribution in [2.45, 2.75) is 25.9 Å². The molecule has 16 heavy (non-hydrogen) atoms. The lowest BCUT2D eigenvalue weighted by molar-refractivity contribution is 0.147. The zero-order valence-electron chi connectivity index (χ0n) is 10.3. The van der Waals surface area contributed by atoms with Gasteiger partial charge >= 0.3 is 0 Å². The fourth-order valence-electron chi connectivity index (χ4n) is 2.50. The minimum atomic E-state index is 0.650. The Morgan fingerprint density at radius 2 is 2.06 bits per heavy atom. The Kier molecular flexibility index (Phi) is 3.97. The van der Waals surface area contributed by atoms with E-state index in [4.69, 9.17) is 0 Å². The Hall–Kier alpha value is -0.860. The van der Waals surface area contributed by atoms with E-state index < -0.39 is 0 Å². The summed E-state index contributed by atoms with van der Waals surface area (Å²) in [4.78, 5) is 2.55. The zero-order valence-corrected chi connectivity index (χ0v) is 10.3. The first-order chi connectivity index (χ1) is 7.79. The molecule has 0 saturated carbocycles. The fourth-order valence-corrected chi connectivity index (χ4v) is 2.50. The second-order valence-corrected chi connectivity index (χ2v) is 4.88. The third-order valence-electron chi connectivity index (χ3n) is 3.66. The third-order valence-corrected chi connectivity index (χ3v) is 3.66. The molecule has 0 unspecified atom stereocenters. The van der Waals surface area contributed by atoms with Crippen LogP contribution in [-0.4, -0.2) is 31.1 Å². The molecule has 1 aromatic carbocycles. The number of nitrogens with one attached hydrogen (secondary N) is 1. The van der Waals surface area contributed by atoms with E-state index in [0.29, 0.717) is 6.04 Å². The maximum Gasteiger partial charge on any atom is 0.0234 e. The molecule has 1 N–H and O–H groups in total. The van der Waals surface area contributed by atoms with E-state index in [9.17, 15) is 0 Å². The van der Waals surface area contributed by atoms with Gasteiger partial charge < -0.3 is 5.32 Å². The lowest BCUT2D eigenvalue weighted by atomic mass is 9.93. The van der Waals surface area contributed by atoms with Crippen LogP contribution in [-0.2, 0) is 6.54 Å². The molecule has 1 heterocycles. The summed E-state index contributed by atoms with van der Waals surface area (Å²) in [5, 5.41) is 3.43. The van der Waals surface area contributed by atoms with Crippen LogP contribution in [0.3, 0.4) is 0 Å². The van der Waals surface area contributed by atoms with E-state index in [1.165, 1.54) is 25.1 Å². The van der Waals surface area contributed by atoms with Crippen LogP contribution in [0.15, 0.2) is 30.3 Å². The normalized spacial score (nSPS) is 26.9. The summed E-state index contributed by atoms with van der Waals surface area (Å²) in [6, 6.07) is 11.4. The lowest BCUT2D eigenvalue weighted by Gasteiger charge is -2.37. The van der Waals surface area contributed by atoms with Gasteiger partial charge in [-0.1, -0.05) is 37.3 Å². The average molecular weight is 218 g/mol. The minimum Gasteiger partial charge on any atom is -0.315 e. The van der Waals surface area contributed by atoms with Gasteiger partial charge in [-0.2, -0.15) is 0 Å². The summed E-state index contributed by atoms with van der Waals surface area (Å²) in [6.45, 7) is 5.84. The number of likely N-dealkylation sites (tertiary alicyclic amines) is 1. The fraction of sp³-hybridized carbons (Fsp3) is 0.571. The molecular weight excluding hydrogens is 196 g/mol. The smallest absolute Gasteiger partial charge is 0.0234 e. The van der Waals surface area contributed by atoms with Crippen molar-refractivity contribution in [1.29, 1.82) is 0 Å². The van der Waals surface area contributed by atoms with E-state index in [0.717, 1.165) is 12.5 Å². The standard InChI is InChI=1S/C14H22N2/c1-12-8-9-16(11-14(12)15-2)10-13-6-4-3-5-7-13/h3-7,12,14-15H,8-11H2,1-2H3/t12-,14-/m0/s1. The predicted octanol–water partition coefficient (Wildman–Crippen LogP) is 2.12. The molecule has 1 aromatic rings. The molecule has 2 rings (SSSR count). The van der Waals surface area contributed by atoms with Crippen molar-refractivity contribution in [2.24, 2.45) is 5.92 Å². The van der Waals surface area contributed by atoms with E-state index in [2.05, 4.69) is 54.5 Å². The van der Waals surface area contributed by atoms with Gasteiger partial charge in [0.2, 0.25) is 0 Å². The summed E-state index contributed by atoms with van der Waals surface area (Å²) in [7, 11) is 2.08. The first-order valence-electron chi connectivity index (χ1n) is 6.23. The molecule has 0 radical (unpaired) electrons. The average Bonchev–Trinajstić information content (AvgIpc) is 2.33. The maximum atomic E-state index is 3.43. The Labute approximate surface area is 98.7 Å². The Morgan fingerprint density at radius 1 is 1.31 bits per heavy atom. The summed E-state index contributed by atoms with van der Waals surface area (Å²) in [5.74, 6) is 0.803. The highest BCUT2D eigenvalue weighted by atomic mass is 15.2. The number of likely N-dealkylation sites (N-methyl/N-ethyl adjacent to an activating group) is 1. The van der Waals surface area contributed by atoms with Gasteiger partial charge in [-0.05, 0) is 31.5 Å². The van der Waals surface area contributed by atoms with Crippen LogP contribution in [0.1, 0.15) is 18.9 Å². The van der Waals surface area contributed by atoms with Gasteiger partial charge in [-0.3, -0.25) is 4.90 Å². The molecule has 1 saturated heterocycles. The van der Waals surface area contributed by atoms with Crippen molar-refractivity contribution < 1.29 is 0 Å². The maximum absolute atomic E-state index is 3.43. The van der Waals surface area contributed by atoms with Crippen molar-refractivity contribution in [3.8, 4) is 0 Å². The Balaban J connectivity index is 1.92. The van der Waals surface area contributed by atoms with E-state index in [-0.39, 0.29) is 0 Å². The lowest BCUT2D eigenvalue weighted by Crippen LogP contribution is -2.48. The highest BCUT2D eigenvalue weighted by Gasteiger charge is 2.24. The first kappa shape index (κ1) is 11.6. The molecule has 2 nitrogen and oxygen atoms in total. The van der Waals surface area contributed by atoms with Crippen molar-refractivity contribution in [2.75, 3.05) is 20.1 Å². The number of hydrogen-bond acceptors (Lipinski definition) is 2. The molecule has 0 bridgehead atoms. The second kappa shape index (κ2) is 5.46. The summed E-state index contributed by atoms with van der Waals surface area (Å²) in [6.07, 6.45) is 1.30. The molecule has 2 atom stereocenters.